The van der Waals surface area contributed by atoms with Gasteiger partial charge in [0, 0.05) is 11.6 Å². The first-order chi connectivity index (χ1) is 11.2. The molecule has 4 rings (SSSR count). The van der Waals surface area contributed by atoms with Gasteiger partial charge in [-0.3, -0.25) is 4.98 Å². The van der Waals surface area contributed by atoms with Crippen LogP contribution < -0.4 is 9.47 Å². The number of aliphatic hydroxyl groups excluding tert-OH is 1. The molecule has 0 fully saturated rings. The maximum absolute atomic E-state index is 10.0. The van der Waals surface area contributed by atoms with Crippen LogP contribution in [0.25, 0.3) is 22.3 Å². The van der Waals surface area contributed by atoms with E-state index >= 15 is 0 Å². The third-order valence-corrected chi connectivity index (χ3v) is 4.25. The molecule has 2 aliphatic heterocycles. The molecule has 0 saturated carbocycles. The van der Waals surface area contributed by atoms with Crippen molar-refractivity contribution >= 4 is 22.3 Å². The predicted octanol–water partition coefficient (Wildman–Crippen LogP) is 3.12. The fourth-order valence-electron chi connectivity index (χ4n) is 3.16. The topological polar surface area (TPSA) is 60.8 Å². The Bertz CT molecular complexity index is 854. The lowest BCUT2D eigenvalue weighted by molar-refractivity contribution is 0.179. The van der Waals surface area contributed by atoms with Gasteiger partial charge < -0.3 is 19.3 Å². The van der Waals surface area contributed by atoms with Crippen molar-refractivity contribution < 1.29 is 19.3 Å². The van der Waals surface area contributed by atoms with Gasteiger partial charge in [0.2, 0.25) is 0 Å². The van der Waals surface area contributed by atoms with Crippen molar-refractivity contribution in [2.45, 2.75) is 18.9 Å². The zero-order valence-corrected chi connectivity index (χ0v) is 13.0. The Morgan fingerprint density at radius 3 is 2.70 bits per heavy atom. The molecule has 1 aromatic heterocycles. The number of nitrogens with zero attached hydrogens (tertiary/aromatic N) is 1. The molecule has 0 radical (unpaired) electrons. The fraction of sp³-hybridized carbons (Fsp3) is 0.278. The molecule has 2 bridgehead atoms. The molecule has 118 valence electrons. The number of rotatable bonds is 2. The quantitative estimate of drug-likeness (QED) is 0.923. The van der Waals surface area contributed by atoms with Gasteiger partial charge in [-0.05, 0) is 42.5 Å². The average Bonchev–Trinajstić information content (AvgIpc) is 2.57. The van der Waals surface area contributed by atoms with Crippen LogP contribution >= 0.6 is 0 Å². The lowest BCUT2D eigenvalue weighted by Gasteiger charge is -2.27. The van der Waals surface area contributed by atoms with Gasteiger partial charge >= 0.3 is 0 Å². The highest BCUT2D eigenvalue weighted by molar-refractivity contribution is 6.05. The summed E-state index contributed by atoms with van der Waals surface area (Å²) in [6, 6.07) is 3.90. The summed E-state index contributed by atoms with van der Waals surface area (Å²) in [7, 11) is 3.23. The van der Waals surface area contributed by atoms with E-state index in [-0.39, 0.29) is 0 Å². The van der Waals surface area contributed by atoms with Crippen LogP contribution in [0, 0.1) is 0 Å². The first-order valence-electron chi connectivity index (χ1n) is 7.53. The second-order valence-corrected chi connectivity index (χ2v) is 5.61. The summed E-state index contributed by atoms with van der Waals surface area (Å²) in [6.45, 7) is 0. The smallest absolute Gasteiger partial charge is 0.172 e. The molecule has 0 amide bonds. The summed E-state index contributed by atoms with van der Waals surface area (Å²) in [4.78, 5) is 4.49. The summed E-state index contributed by atoms with van der Waals surface area (Å²) < 4.78 is 17.1. The molecule has 2 aromatic rings. The molecule has 1 aromatic carbocycles. The molecule has 2 aliphatic rings. The molecule has 5 heteroatoms. The van der Waals surface area contributed by atoms with Gasteiger partial charge in [0.05, 0.1) is 25.9 Å². The summed E-state index contributed by atoms with van der Waals surface area (Å²) >= 11 is 0. The second-order valence-electron chi connectivity index (χ2n) is 5.61. The van der Waals surface area contributed by atoms with Crippen molar-refractivity contribution in [3.63, 3.8) is 0 Å². The Balaban J connectivity index is 2.14. The van der Waals surface area contributed by atoms with E-state index in [2.05, 4.69) is 4.98 Å². The predicted molar refractivity (Wildman–Crippen MR) is 87.1 cm³/mol. The van der Waals surface area contributed by atoms with Crippen molar-refractivity contribution in [2.75, 3.05) is 14.2 Å². The van der Waals surface area contributed by atoms with Gasteiger partial charge in [0.1, 0.15) is 17.2 Å². The number of aliphatic hydroxyl groups is 1. The van der Waals surface area contributed by atoms with Crippen molar-refractivity contribution in [1.29, 1.82) is 0 Å². The van der Waals surface area contributed by atoms with Crippen LogP contribution in [0.2, 0.25) is 0 Å². The highest BCUT2D eigenvalue weighted by Gasteiger charge is 2.29. The van der Waals surface area contributed by atoms with E-state index in [4.69, 9.17) is 14.2 Å². The molecule has 1 N–H and O–H groups in total. The molecule has 0 aliphatic carbocycles. The van der Waals surface area contributed by atoms with Crippen LogP contribution in [-0.4, -0.2) is 30.4 Å². The van der Waals surface area contributed by atoms with Gasteiger partial charge in [-0.15, -0.1) is 0 Å². The van der Waals surface area contributed by atoms with Gasteiger partial charge in [-0.2, -0.15) is 0 Å². The van der Waals surface area contributed by atoms with Crippen molar-refractivity contribution in [2.24, 2.45) is 0 Å². The maximum Gasteiger partial charge on any atom is 0.172 e. The number of hydrogen-bond acceptors (Lipinski definition) is 5. The number of aromatic nitrogens is 1. The number of fused-ring (bicyclic) bond motifs is 4. The first kappa shape index (κ1) is 14.1. The van der Waals surface area contributed by atoms with Gasteiger partial charge in [-0.25, -0.2) is 0 Å². The number of benzene rings is 1. The van der Waals surface area contributed by atoms with Crippen LogP contribution in [0.15, 0.2) is 30.5 Å². The van der Waals surface area contributed by atoms with E-state index in [0.717, 1.165) is 22.0 Å². The van der Waals surface area contributed by atoms with E-state index in [1.165, 1.54) is 0 Å². The van der Waals surface area contributed by atoms with Crippen molar-refractivity contribution in [1.82, 2.24) is 4.98 Å². The lowest BCUT2D eigenvalue weighted by Crippen LogP contribution is -2.12. The maximum atomic E-state index is 10.0. The largest absolute Gasteiger partial charge is 0.493 e. The fourth-order valence-corrected chi connectivity index (χ4v) is 3.16. The van der Waals surface area contributed by atoms with Gasteiger partial charge in [0.15, 0.2) is 11.5 Å². The highest BCUT2D eigenvalue weighted by atomic mass is 16.5. The number of pyridine rings is 1. The summed E-state index contributed by atoms with van der Waals surface area (Å²) in [5, 5.41) is 12.0. The third kappa shape index (κ3) is 2.08. The third-order valence-electron chi connectivity index (χ3n) is 4.25. The molecule has 1 atom stereocenters. The number of hydrogen-bond donors (Lipinski definition) is 1. The zero-order chi connectivity index (χ0) is 16.0. The minimum absolute atomic E-state index is 0.429. The monoisotopic (exact) mass is 311 g/mol. The number of ether oxygens (including phenoxy) is 3. The molecule has 3 heterocycles. The van der Waals surface area contributed by atoms with E-state index in [0.29, 0.717) is 35.9 Å². The molecular formula is C18H17NO4. The van der Waals surface area contributed by atoms with Gasteiger partial charge in [-0.1, -0.05) is 0 Å². The Morgan fingerprint density at radius 1 is 1.17 bits per heavy atom. The molecule has 0 saturated heterocycles. The van der Waals surface area contributed by atoms with Crippen LogP contribution in [0.1, 0.15) is 24.1 Å². The molecule has 0 unspecified atom stereocenters. The van der Waals surface area contributed by atoms with Gasteiger partial charge in [0.25, 0.3) is 0 Å². The van der Waals surface area contributed by atoms with Crippen molar-refractivity contribution in [3.05, 3.63) is 41.7 Å². The zero-order valence-electron chi connectivity index (χ0n) is 13.0. The first-order valence-corrected chi connectivity index (χ1v) is 7.53. The minimum atomic E-state index is -0.429. The number of methoxy groups -OCH3 is 2. The standard InChI is InChI=1S/C18H17NO4/c1-21-14-9-10-7-8-19-17-13-6-4-11(20)3-5-12(23-13)16(15(10)17)18(14)22-2/h5-9,11,20H,3-4H2,1-2H3/t11-/m0/s1. The minimum Gasteiger partial charge on any atom is -0.493 e. The SMILES string of the molecule is COc1cc2ccnc3c2c(c1OC)C1=CC[C@H](O)CC=C3O1. The van der Waals surface area contributed by atoms with Crippen molar-refractivity contribution in [3.8, 4) is 11.5 Å². The average molecular weight is 311 g/mol. The molecule has 5 nitrogen and oxygen atoms in total. The van der Waals surface area contributed by atoms with E-state index in [1.54, 1.807) is 20.4 Å². The summed E-state index contributed by atoms with van der Waals surface area (Å²) in [5.74, 6) is 2.62. The molecule has 23 heavy (non-hydrogen) atoms. The van der Waals surface area contributed by atoms with Crippen LogP contribution in [0.3, 0.4) is 0 Å². The van der Waals surface area contributed by atoms with Crippen LogP contribution in [-0.2, 0) is 4.74 Å². The Morgan fingerprint density at radius 2 is 1.96 bits per heavy atom. The molecule has 0 spiro atoms. The summed E-state index contributed by atoms with van der Waals surface area (Å²) in [5.41, 5.74) is 1.60. The lowest BCUT2D eigenvalue weighted by atomic mass is 9.94. The Hall–Kier alpha value is -2.53. The van der Waals surface area contributed by atoms with E-state index in [1.807, 2.05) is 24.3 Å². The normalized spacial score (nSPS) is 19.2. The van der Waals surface area contributed by atoms with Crippen LogP contribution in [0.4, 0.5) is 0 Å². The van der Waals surface area contributed by atoms with E-state index in [9.17, 15) is 5.11 Å². The Labute approximate surface area is 133 Å². The molecular weight excluding hydrogens is 294 g/mol. The second kappa shape index (κ2) is 5.28. The highest BCUT2D eigenvalue weighted by Crippen LogP contribution is 2.48. The van der Waals surface area contributed by atoms with Crippen LogP contribution in [0.5, 0.6) is 11.5 Å². The summed E-state index contributed by atoms with van der Waals surface area (Å²) in [6.07, 6.45) is 6.20. The van der Waals surface area contributed by atoms with E-state index < -0.39 is 6.10 Å². The Kier molecular flexibility index (Phi) is 3.23.